The highest BCUT2D eigenvalue weighted by Crippen LogP contribution is 2.52. The van der Waals surface area contributed by atoms with Gasteiger partial charge in [-0.1, -0.05) is 110 Å². The summed E-state index contributed by atoms with van der Waals surface area (Å²) >= 11 is 1.51. The zero-order chi connectivity index (χ0) is 34.3. The maximum Gasteiger partial charge on any atom is 0.405 e. The van der Waals surface area contributed by atoms with Gasteiger partial charge in [0.2, 0.25) is 5.91 Å². The normalized spacial score (nSPS) is 17.0. The Hall–Kier alpha value is -4.57. The Morgan fingerprint density at radius 1 is 0.939 bits per heavy atom. The quantitative estimate of drug-likeness (QED) is 0.0969. The maximum atomic E-state index is 13.8. The molecule has 3 aromatic carbocycles. The Labute approximate surface area is 288 Å². The van der Waals surface area contributed by atoms with Crippen LogP contribution in [0.1, 0.15) is 77.7 Å². The fraction of sp³-hybridized carbons (Fsp3) is 0.308. The first-order valence-electron chi connectivity index (χ1n) is 16.7. The number of alkyl halides is 3. The molecule has 0 aliphatic heterocycles. The van der Waals surface area contributed by atoms with Gasteiger partial charge in [0.15, 0.2) is 5.16 Å². The largest absolute Gasteiger partial charge is 0.405 e. The van der Waals surface area contributed by atoms with E-state index < -0.39 is 24.0 Å². The summed E-state index contributed by atoms with van der Waals surface area (Å²) in [6.07, 6.45) is 6.94. The first-order valence-corrected chi connectivity index (χ1v) is 17.7. The van der Waals surface area contributed by atoms with Crippen molar-refractivity contribution in [2.24, 2.45) is 0 Å². The fourth-order valence-corrected chi connectivity index (χ4v) is 7.75. The molecule has 3 N–H and O–H groups in total. The lowest BCUT2D eigenvalue weighted by Crippen LogP contribution is -2.47. The Morgan fingerprint density at radius 2 is 1.71 bits per heavy atom. The molecule has 6 rings (SSSR count). The topological polar surface area (TPSA) is 86.9 Å². The van der Waals surface area contributed by atoms with Crippen LogP contribution in [0.5, 0.6) is 0 Å². The predicted octanol–water partition coefficient (Wildman–Crippen LogP) is 9.03. The number of thioether (sulfide) groups is 1. The molecule has 1 aromatic heterocycles. The van der Waals surface area contributed by atoms with Crippen LogP contribution >= 0.6 is 11.8 Å². The third-order valence-electron chi connectivity index (χ3n) is 9.17. The van der Waals surface area contributed by atoms with Gasteiger partial charge in [0, 0.05) is 11.4 Å². The van der Waals surface area contributed by atoms with Crippen molar-refractivity contribution in [3.8, 4) is 0 Å². The van der Waals surface area contributed by atoms with Crippen molar-refractivity contribution in [2.75, 3.05) is 17.6 Å². The molecule has 10 heteroatoms. The molecule has 4 aromatic rings. The number of allylic oxidation sites excluding steroid dienone is 3. The van der Waals surface area contributed by atoms with E-state index in [1.807, 2.05) is 72.8 Å². The summed E-state index contributed by atoms with van der Waals surface area (Å²) in [5, 5.41) is 5.89. The lowest BCUT2D eigenvalue weighted by Gasteiger charge is -2.33. The number of para-hydroxylation sites is 1. The van der Waals surface area contributed by atoms with Gasteiger partial charge < -0.3 is 15.6 Å². The fourth-order valence-electron chi connectivity index (χ4n) is 6.90. The highest BCUT2D eigenvalue weighted by molar-refractivity contribution is 7.99. The maximum absolute atomic E-state index is 13.8. The van der Waals surface area contributed by atoms with E-state index in [4.69, 9.17) is 0 Å². The van der Waals surface area contributed by atoms with Crippen LogP contribution in [0, 0.1) is 0 Å². The number of imidazole rings is 1. The molecule has 0 radical (unpaired) electrons. The minimum Gasteiger partial charge on any atom is -0.346 e. The number of nitrogens with zero attached hydrogens (tertiary/aromatic N) is 1. The Bertz CT molecular complexity index is 1850. The smallest absolute Gasteiger partial charge is 0.346 e. The number of rotatable bonds is 13. The van der Waals surface area contributed by atoms with E-state index in [1.165, 1.54) is 18.0 Å². The van der Waals surface area contributed by atoms with Gasteiger partial charge in [0.05, 0.1) is 11.6 Å². The van der Waals surface area contributed by atoms with Crippen molar-refractivity contribution in [1.82, 2.24) is 15.3 Å². The van der Waals surface area contributed by atoms with E-state index >= 15 is 0 Å². The van der Waals surface area contributed by atoms with E-state index in [1.54, 1.807) is 0 Å². The molecule has 2 amide bonds. The van der Waals surface area contributed by atoms with Crippen molar-refractivity contribution in [3.05, 3.63) is 131 Å². The number of carbonyl (C=O) groups is 2. The minimum atomic E-state index is -4.49. The average molecular weight is 685 g/mol. The van der Waals surface area contributed by atoms with Crippen LogP contribution in [0.25, 0.3) is 5.57 Å². The van der Waals surface area contributed by atoms with Crippen LogP contribution in [0.2, 0.25) is 0 Å². The van der Waals surface area contributed by atoms with Gasteiger partial charge in [-0.05, 0) is 78.0 Å². The second-order valence-corrected chi connectivity index (χ2v) is 13.6. The van der Waals surface area contributed by atoms with Crippen LogP contribution in [0.15, 0.2) is 108 Å². The summed E-state index contributed by atoms with van der Waals surface area (Å²) in [6.45, 7) is -1.35. The molecule has 0 fully saturated rings. The molecule has 0 saturated carbocycles. The number of halogens is 3. The zero-order valence-electron chi connectivity index (χ0n) is 27.1. The lowest BCUT2D eigenvalue weighted by atomic mass is 9.71. The minimum absolute atomic E-state index is 0.271. The van der Waals surface area contributed by atoms with Gasteiger partial charge in [-0.15, -0.1) is 0 Å². The van der Waals surface area contributed by atoms with Crippen LogP contribution in [-0.2, 0) is 16.6 Å². The van der Waals surface area contributed by atoms with E-state index in [9.17, 15) is 22.8 Å². The predicted molar refractivity (Wildman–Crippen MR) is 189 cm³/mol. The Kier molecular flexibility index (Phi) is 10.7. The number of unbranched alkanes of at least 4 members (excludes halogenated alkanes) is 2. The molecule has 49 heavy (non-hydrogen) atoms. The molecule has 1 heterocycles. The van der Waals surface area contributed by atoms with Gasteiger partial charge in [-0.3, -0.25) is 9.59 Å². The van der Waals surface area contributed by atoms with Crippen molar-refractivity contribution >= 4 is 34.8 Å². The standard InChI is InChI=1S/C39H39F3N4O2S/c40-39(41,42)26-44-36(48)38(31-19-7-2-6-17-29(31)30-18-9-10-20-32(30)38)22-12-3-13-23-49-37-43-25-34(46-37)35(47)45-33-21-11-8-16-28(33)24-27-14-4-1-5-15-27/h1,4-6,8-11,14-18,20-21,25H,2-3,7,12-13,19,22-24,26H2,(H,43,46)(H,44,48)(H,45,47). The number of amides is 2. The molecular formula is C39H39F3N4O2S. The molecule has 0 spiro atoms. The molecule has 2 aliphatic carbocycles. The first-order chi connectivity index (χ1) is 23.7. The highest BCUT2D eigenvalue weighted by atomic mass is 32.2. The monoisotopic (exact) mass is 684 g/mol. The second-order valence-electron chi connectivity index (χ2n) is 12.5. The van der Waals surface area contributed by atoms with Gasteiger partial charge in [0.1, 0.15) is 12.2 Å². The van der Waals surface area contributed by atoms with Crippen LogP contribution in [0.3, 0.4) is 0 Å². The van der Waals surface area contributed by atoms with Crippen LogP contribution < -0.4 is 10.6 Å². The van der Waals surface area contributed by atoms with Gasteiger partial charge in [0.25, 0.3) is 5.91 Å². The number of hydrogen-bond acceptors (Lipinski definition) is 4. The van der Waals surface area contributed by atoms with Crippen LogP contribution in [0.4, 0.5) is 18.9 Å². The zero-order valence-corrected chi connectivity index (χ0v) is 27.9. The summed E-state index contributed by atoms with van der Waals surface area (Å²) in [6, 6.07) is 25.5. The molecular weight excluding hydrogens is 646 g/mol. The van der Waals surface area contributed by atoms with E-state index in [0.717, 1.165) is 70.5 Å². The third kappa shape index (κ3) is 8.02. The van der Waals surface area contributed by atoms with Crippen molar-refractivity contribution in [1.29, 1.82) is 0 Å². The number of hydrogen-bond donors (Lipinski definition) is 3. The molecule has 2 aliphatic rings. The van der Waals surface area contributed by atoms with Gasteiger partial charge in [-0.2, -0.15) is 13.2 Å². The van der Waals surface area contributed by atoms with E-state index in [0.29, 0.717) is 36.5 Å². The Balaban J connectivity index is 1.05. The number of nitrogens with one attached hydrogen (secondary N) is 3. The third-order valence-corrected chi connectivity index (χ3v) is 10.1. The van der Waals surface area contributed by atoms with Crippen LogP contribution in [-0.4, -0.2) is 40.3 Å². The number of carbonyl (C=O) groups excluding carboxylic acids is 2. The van der Waals surface area contributed by atoms with Gasteiger partial charge in [-0.25, -0.2) is 4.98 Å². The molecule has 0 saturated heterocycles. The first kappa shape index (κ1) is 34.3. The van der Waals surface area contributed by atoms with Gasteiger partial charge >= 0.3 is 6.18 Å². The summed E-state index contributed by atoms with van der Waals surface area (Å²) in [7, 11) is 0. The summed E-state index contributed by atoms with van der Waals surface area (Å²) < 4.78 is 39.6. The molecule has 1 unspecified atom stereocenters. The molecule has 1 atom stereocenters. The van der Waals surface area contributed by atoms with E-state index in [2.05, 4.69) is 38.8 Å². The van der Waals surface area contributed by atoms with Crippen molar-refractivity contribution in [2.45, 2.75) is 68.1 Å². The highest BCUT2D eigenvalue weighted by Gasteiger charge is 2.50. The van der Waals surface area contributed by atoms with Crippen molar-refractivity contribution < 1.29 is 22.8 Å². The average Bonchev–Trinajstić information content (AvgIpc) is 3.58. The van der Waals surface area contributed by atoms with E-state index in [-0.39, 0.29) is 5.91 Å². The second kappa shape index (κ2) is 15.3. The summed E-state index contributed by atoms with van der Waals surface area (Å²) in [5.41, 5.74) is 5.80. The molecule has 254 valence electrons. The lowest BCUT2D eigenvalue weighted by molar-refractivity contribution is -0.141. The van der Waals surface area contributed by atoms with Crippen molar-refractivity contribution in [3.63, 3.8) is 0 Å². The SMILES string of the molecule is O=C(Nc1ccccc1Cc1ccccc1)c1cnc(SCCCCCC2(C(=O)NCC(F)(F)F)C3=C(C=CCCC3)c3ccccc32)[nH]1. The number of aromatic amines is 1. The number of benzene rings is 3. The molecule has 0 bridgehead atoms. The summed E-state index contributed by atoms with van der Waals surface area (Å²) in [5.74, 6) is -0.112. The number of anilines is 1. The number of aromatic nitrogens is 2. The summed E-state index contributed by atoms with van der Waals surface area (Å²) in [4.78, 5) is 34.4. The Morgan fingerprint density at radius 3 is 2.55 bits per heavy atom. The molecule has 6 nitrogen and oxygen atoms in total. The number of fused-ring (bicyclic) bond motifs is 2. The number of H-pyrrole nitrogens is 1.